The molecule has 21 heavy (non-hydrogen) atoms. The molecule has 0 aliphatic rings. The average Bonchev–Trinajstić information content (AvgIpc) is 2.75. The molecule has 0 saturated carbocycles. The number of aryl methyl sites for hydroxylation is 3. The molecule has 1 amide bonds. The average molecular weight is 315 g/mol. The van der Waals surface area contributed by atoms with Crippen molar-refractivity contribution >= 4 is 22.4 Å². The molecule has 1 aromatic carbocycles. The highest BCUT2D eigenvalue weighted by atomic mass is 32.1. The largest absolute Gasteiger partial charge is 0.445 e. The Morgan fingerprint density at radius 2 is 1.71 bits per heavy atom. The lowest BCUT2D eigenvalue weighted by Gasteiger charge is -2.10. The van der Waals surface area contributed by atoms with E-state index in [-0.39, 0.29) is 5.13 Å². The van der Waals surface area contributed by atoms with Crippen LogP contribution in [-0.4, -0.2) is 16.1 Å². The number of anilines is 1. The fraction of sp³-hybridized carbons (Fsp3) is 0.308. The third kappa shape index (κ3) is 3.38. The molecule has 0 radical (unpaired) electrons. The van der Waals surface area contributed by atoms with E-state index < -0.39 is 17.1 Å². The number of hydrogen-bond acceptors (Lipinski definition) is 4. The zero-order chi connectivity index (χ0) is 15.8. The van der Waals surface area contributed by atoms with E-state index in [1.54, 1.807) is 13.8 Å². The van der Waals surface area contributed by atoms with Gasteiger partial charge in [-0.25, -0.2) is 0 Å². The van der Waals surface area contributed by atoms with Crippen molar-refractivity contribution in [3.63, 3.8) is 0 Å². The Hall–Kier alpha value is -1.96. The van der Waals surface area contributed by atoms with Crippen molar-refractivity contribution in [2.24, 2.45) is 0 Å². The van der Waals surface area contributed by atoms with E-state index >= 15 is 0 Å². The lowest BCUT2D eigenvalue weighted by molar-refractivity contribution is -0.138. The number of carbonyl (C=O) groups is 1. The Labute approximate surface area is 123 Å². The van der Waals surface area contributed by atoms with Crippen molar-refractivity contribution in [2.45, 2.75) is 26.9 Å². The third-order valence-corrected chi connectivity index (χ3v) is 3.68. The van der Waals surface area contributed by atoms with Gasteiger partial charge in [-0.1, -0.05) is 29.0 Å². The SMILES string of the molecule is Cc1cc(C)c(C(=O)Nc2nnc(C(F)(F)F)s2)c(C)c1. The van der Waals surface area contributed by atoms with Crippen molar-refractivity contribution in [3.05, 3.63) is 39.4 Å². The van der Waals surface area contributed by atoms with Gasteiger partial charge in [-0.15, -0.1) is 10.2 Å². The van der Waals surface area contributed by atoms with Gasteiger partial charge in [0.1, 0.15) is 0 Å². The maximum atomic E-state index is 12.4. The van der Waals surface area contributed by atoms with E-state index in [0.29, 0.717) is 16.9 Å². The number of alkyl halides is 3. The molecule has 8 heteroatoms. The number of benzene rings is 1. The number of rotatable bonds is 2. The Kier molecular flexibility index (Phi) is 3.99. The molecule has 0 unspecified atom stereocenters. The fourth-order valence-corrected chi connectivity index (χ4v) is 2.69. The van der Waals surface area contributed by atoms with Crippen LogP contribution in [0, 0.1) is 20.8 Å². The molecule has 2 rings (SSSR count). The van der Waals surface area contributed by atoms with Crippen LogP contribution < -0.4 is 5.32 Å². The Morgan fingerprint density at radius 1 is 1.14 bits per heavy atom. The summed E-state index contributed by atoms with van der Waals surface area (Å²) in [6.07, 6.45) is -4.56. The van der Waals surface area contributed by atoms with Crippen LogP contribution in [0.2, 0.25) is 0 Å². The number of hydrogen-bond donors (Lipinski definition) is 1. The highest BCUT2D eigenvalue weighted by Gasteiger charge is 2.35. The maximum Gasteiger partial charge on any atom is 0.445 e. The molecular weight excluding hydrogens is 303 g/mol. The van der Waals surface area contributed by atoms with Crippen LogP contribution in [0.1, 0.15) is 32.1 Å². The molecule has 0 fully saturated rings. The topological polar surface area (TPSA) is 54.9 Å². The van der Waals surface area contributed by atoms with Gasteiger partial charge in [-0.05, 0) is 31.9 Å². The predicted molar refractivity (Wildman–Crippen MR) is 73.5 cm³/mol. The standard InChI is InChI=1S/C13H12F3N3OS/c1-6-4-7(2)9(8(3)5-6)10(20)17-12-19-18-11(21-12)13(14,15)16/h4-5H,1-3H3,(H,17,19,20). The minimum absolute atomic E-state index is 0.174. The number of carbonyl (C=O) groups excluding carboxylic acids is 1. The van der Waals surface area contributed by atoms with Gasteiger partial charge >= 0.3 is 6.18 Å². The molecule has 0 spiro atoms. The van der Waals surface area contributed by atoms with Gasteiger partial charge in [0.05, 0.1) is 0 Å². The van der Waals surface area contributed by atoms with E-state index in [4.69, 9.17) is 0 Å². The van der Waals surface area contributed by atoms with Gasteiger partial charge in [-0.3, -0.25) is 10.1 Å². The molecular formula is C13H12F3N3OS. The molecule has 1 aromatic heterocycles. The van der Waals surface area contributed by atoms with E-state index in [9.17, 15) is 18.0 Å². The number of aromatic nitrogens is 2. The molecule has 1 heterocycles. The predicted octanol–water partition coefficient (Wildman–Crippen LogP) is 3.73. The minimum Gasteiger partial charge on any atom is -0.296 e. The van der Waals surface area contributed by atoms with Gasteiger partial charge in [0.2, 0.25) is 10.1 Å². The van der Waals surface area contributed by atoms with Crippen LogP contribution in [0.4, 0.5) is 18.3 Å². The maximum absolute atomic E-state index is 12.4. The van der Waals surface area contributed by atoms with Gasteiger partial charge in [0.25, 0.3) is 5.91 Å². The van der Waals surface area contributed by atoms with Crippen LogP contribution in [0.5, 0.6) is 0 Å². The molecule has 2 aromatic rings. The Morgan fingerprint density at radius 3 is 2.19 bits per heavy atom. The second-order valence-corrected chi connectivity index (χ2v) is 5.62. The summed E-state index contributed by atoms with van der Waals surface area (Å²) >= 11 is 0.299. The van der Waals surface area contributed by atoms with Gasteiger partial charge in [0, 0.05) is 5.56 Å². The van der Waals surface area contributed by atoms with Crippen LogP contribution >= 0.6 is 11.3 Å². The Bertz CT molecular complexity index is 671. The van der Waals surface area contributed by atoms with Crippen molar-refractivity contribution in [1.82, 2.24) is 10.2 Å². The lowest BCUT2D eigenvalue weighted by Crippen LogP contribution is -2.15. The first-order valence-corrected chi connectivity index (χ1v) is 6.80. The normalized spacial score (nSPS) is 11.5. The van der Waals surface area contributed by atoms with Gasteiger partial charge in [-0.2, -0.15) is 13.2 Å². The monoisotopic (exact) mass is 315 g/mol. The van der Waals surface area contributed by atoms with Crippen molar-refractivity contribution in [2.75, 3.05) is 5.32 Å². The summed E-state index contributed by atoms with van der Waals surface area (Å²) in [6.45, 7) is 5.45. The van der Waals surface area contributed by atoms with Crippen LogP contribution in [0.25, 0.3) is 0 Å². The lowest BCUT2D eigenvalue weighted by atomic mass is 9.99. The molecule has 1 N–H and O–H groups in total. The molecule has 0 bridgehead atoms. The molecule has 0 atom stereocenters. The van der Waals surface area contributed by atoms with Crippen LogP contribution in [-0.2, 0) is 6.18 Å². The van der Waals surface area contributed by atoms with E-state index in [1.165, 1.54) is 0 Å². The summed E-state index contributed by atoms with van der Waals surface area (Å²) in [4.78, 5) is 12.2. The van der Waals surface area contributed by atoms with Gasteiger partial charge in [0.15, 0.2) is 0 Å². The molecule has 4 nitrogen and oxygen atoms in total. The number of nitrogens with zero attached hydrogens (tertiary/aromatic N) is 2. The summed E-state index contributed by atoms with van der Waals surface area (Å²) in [5, 5.41) is 7.46. The first-order chi connectivity index (χ1) is 9.68. The quantitative estimate of drug-likeness (QED) is 0.918. The zero-order valence-electron chi connectivity index (χ0n) is 11.5. The van der Waals surface area contributed by atoms with Crippen molar-refractivity contribution in [3.8, 4) is 0 Å². The van der Waals surface area contributed by atoms with E-state index in [0.717, 1.165) is 16.7 Å². The molecule has 112 valence electrons. The molecule has 0 aliphatic heterocycles. The summed E-state index contributed by atoms with van der Waals surface area (Å²) in [5.41, 5.74) is 2.96. The number of nitrogens with one attached hydrogen (secondary N) is 1. The summed E-state index contributed by atoms with van der Waals surface area (Å²) in [6, 6.07) is 3.67. The first kappa shape index (κ1) is 15.4. The first-order valence-electron chi connectivity index (χ1n) is 5.98. The van der Waals surface area contributed by atoms with Crippen LogP contribution in [0.3, 0.4) is 0 Å². The zero-order valence-corrected chi connectivity index (χ0v) is 12.3. The van der Waals surface area contributed by atoms with Crippen molar-refractivity contribution in [1.29, 1.82) is 0 Å². The fourth-order valence-electron chi connectivity index (χ4n) is 2.09. The van der Waals surface area contributed by atoms with Crippen molar-refractivity contribution < 1.29 is 18.0 Å². The number of amides is 1. The summed E-state index contributed by atoms with van der Waals surface area (Å²) in [7, 11) is 0. The van der Waals surface area contributed by atoms with Gasteiger partial charge < -0.3 is 0 Å². The Balaban J connectivity index is 2.25. The van der Waals surface area contributed by atoms with E-state index in [1.807, 2.05) is 19.1 Å². The second-order valence-electron chi connectivity index (χ2n) is 4.64. The molecule has 0 aliphatic carbocycles. The minimum atomic E-state index is -4.56. The highest BCUT2D eigenvalue weighted by Crippen LogP contribution is 2.33. The van der Waals surface area contributed by atoms with Crippen LogP contribution in [0.15, 0.2) is 12.1 Å². The number of halogens is 3. The third-order valence-electron chi connectivity index (χ3n) is 2.79. The second kappa shape index (κ2) is 5.44. The summed E-state index contributed by atoms with van der Waals surface area (Å²) in [5.74, 6) is -0.491. The smallest absolute Gasteiger partial charge is 0.296 e. The van der Waals surface area contributed by atoms with E-state index in [2.05, 4.69) is 15.5 Å². The summed E-state index contributed by atoms with van der Waals surface area (Å²) < 4.78 is 37.3. The molecule has 0 saturated heterocycles. The highest BCUT2D eigenvalue weighted by molar-refractivity contribution is 7.15.